The van der Waals surface area contributed by atoms with E-state index in [-0.39, 0.29) is 0 Å². The molecule has 0 atom stereocenters. The summed E-state index contributed by atoms with van der Waals surface area (Å²) in [5.74, 6) is 0. The number of hydrogen-bond acceptors (Lipinski definition) is 0. The first-order valence-corrected chi connectivity index (χ1v) is 1.95. The molecule has 0 amide bonds. The molecule has 0 unspecified atom stereocenters. The van der Waals surface area contributed by atoms with Crippen LogP contribution in [0.1, 0.15) is 6.42 Å². The van der Waals surface area contributed by atoms with E-state index in [2.05, 4.69) is 18.8 Å². The van der Waals surface area contributed by atoms with Gasteiger partial charge in [0.25, 0.3) is 0 Å². The van der Waals surface area contributed by atoms with Crippen LogP contribution < -0.4 is 0 Å². The van der Waals surface area contributed by atoms with E-state index in [0.29, 0.717) is 0 Å². The first kappa shape index (κ1) is 5.83. The summed E-state index contributed by atoms with van der Waals surface area (Å²) in [5, 5.41) is 0. The van der Waals surface area contributed by atoms with Gasteiger partial charge in [-0.2, -0.15) is 0 Å². The third-order valence-electron chi connectivity index (χ3n) is 0.491. The lowest BCUT2D eigenvalue weighted by molar-refractivity contribution is 0.0591. The number of rotatable bonds is 3. The fourth-order valence-corrected chi connectivity index (χ4v) is 0.183. The zero-order chi connectivity index (χ0) is 4.83. The molecule has 1 heteroatoms. The Morgan fingerprint density at radius 1 is 1.67 bits per heavy atom. The van der Waals surface area contributed by atoms with Gasteiger partial charge >= 0.3 is 0 Å². The van der Waals surface area contributed by atoms with E-state index in [4.69, 9.17) is 0 Å². The lowest BCUT2D eigenvalue weighted by Gasteiger charge is -1.91. The van der Waals surface area contributed by atoms with Gasteiger partial charge in [-0.1, -0.05) is 13.5 Å². The number of ether oxygens (including phenoxy) is 1. The van der Waals surface area contributed by atoms with E-state index in [1.54, 1.807) is 0 Å². The largest absolute Gasteiger partial charge is 0.579 e. The van der Waals surface area contributed by atoms with Crippen molar-refractivity contribution in [2.24, 2.45) is 0 Å². The summed E-state index contributed by atoms with van der Waals surface area (Å²) in [5.41, 5.74) is 0. The maximum Gasteiger partial charge on any atom is 0.157 e. The van der Waals surface area contributed by atoms with Crippen LogP contribution in [-0.2, 0) is 0 Å². The van der Waals surface area contributed by atoms with Crippen molar-refractivity contribution < 1.29 is 4.74 Å². The number of unbranched alkanes of at least 4 members (excludes halogenated alkanes) is 1. The zero-order valence-electron chi connectivity index (χ0n) is 3.85. The van der Waals surface area contributed by atoms with Crippen LogP contribution in [0.5, 0.6) is 0 Å². The number of hydrogen-bond donors (Lipinski definition) is 0. The molecule has 0 aliphatic rings. The topological polar surface area (TPSA) is 12.8 Å². The predicted molar refractivity (Wildman–Crippen MR) is 26.7 cm³/mol. The summed E-state index contributed by atoms with van der Waals surface area (Å²) in [6, 6.07) is 0. The van der Waals surface area contributed by atoms with Crippen molar-refractivity contribution in [3.05, 3.63) is 20.5 Å². The second-order valence-corrected chi connectivity index (χ2v) is 1.02. The van der Waals surface area contributed by atoms with Gasteiger partial charge in [-0.3, -0.25) is 0 Å². The highest BCUT2D eigenvalue weighted by molar-refractivity contribution is 4.64. The molecule has 0 spiro atoms. The second-order valence-electron chi connectivity index (χ2n) is 1.02. The summed E-state index contributed by atoms with van der Waals surface area (Å²) in [6.45, 7) is 4.32. The van der Waals surface area contributed by atoms with Gasteiger partial charge in [-0.25, -0.2) is 0 Å². The third-order valence-corrected chi connectivity index (χ3v) is 0.491. The van der Waals surface area contributed by atoms with Gasteiger partial charge in [-0.05, 0) is 0 Å². The first-order valence-electron chi connectivity index (χ1n) is 1.95. The molecule has 0 aromatic carbocycles. The van der Waals surface area contributed by atoms with Crippen molar-refractivity contribution >= 4 is 0 Å². The molecule has 0 radical (unpaired) electrons. The second kappa shape index (κ2) is 4.83. The Balaban J connectivity index is 2.34. The van der Waals surface area contributed by atoms with Crippen molar-refractivity contribution in [1.29, 1.82) is 0 Å². The average molecular weight is 86.1 g/mol. The molecule has 1 N–H and O–H groups in total. The van der Waals surface area contributed by atoms with Gasteiger partial charge in [0.15, 0.2) is 6.61 Å². The molecule has 1 nitrogen and oxygen atoms in total. The van der Waals surface area contributed by atoms with E-state index in [1.807, 2.05) is 6.42 Å². The molecule has 6 heavy (non-hydrogen) atoms. The highest BCUT2D eigenvalue weighted by atomic mass is 16.5. The monoisotopic (exact) mass is 86.1 g/mol. The van der Waals surface area contributed by atoms with Crippen molar-refractivity contribution in [3.8, 4) is 0 Å². The molecule has 36 valence electrons. The highest BCUT2D eigenvalue weighted by Crippen LogP contribution is 1.79. The lowest BCUT2D eigenvalue weighted by Crippen LogP contribution is -1.88. The highest BCUT2D eigenvalue weighted by Gasteiger charge is 1.79. The third kappa shape index (κ3) is 3.83. The van der Waals surface area contributed by atoms with Crippen LogP contribution >= 0.6 is 0 Å². The molecule has 0 saturated heterocycles. The minimum absolute atomic E-state index is 0.809. The van der Waals surface area contributed by atoms with Crippen molar-refractivity contribution in [1.82, 2.24) is 0 Å². The smallest absolute Gasteiger partial charge is 0.157 e. The molecule has 0 heterocycles. The van der Waals surface area contributed by atoms with E-state index >= 15 is 0 Å². The van der Waals surface area contributed by atoms with Crippen LogP contribution in [-0.4, -0.2) is 11.3 Å². The summed E-state index contributed by atoms with van der Waals surface area (Å²) in [4.78, 5) is 0. The predicted octanol–water partition coefficient (Wildman–Crippen LogP) is 0.734. The van der Waals surface area contributed by atoms with Crippen LogP contribution in [0.25, 0.3) is 0 Å². The Bertz CT molecular complexity index is 15.9. The van der Waals surface area contributed by atoms with Crippen molar-refractivity contribution in [2.45, 2.75) is 6.42 Å². The Morgan fingerprint density at radius 3 is 2.50 bits per heavy atom. The normalized spacial score (nSPS) is 8.33. The Labute approximate surface area is 39.3 Å². The molecular formula is C5H10O. The fraction of sp³-hybridized carbons (Fsp3) is 0.400. The van der Waals surface area contributed by atoms with E-state index in [9.17, 15) is 0 Å². The minimum Gasteiger partial charge on any atom is -0.579 e. The van der Waals surface area contributed by atoms with E-state index in [0.717, 1.165) is 13.0 Å². The zero-order valence-corrected chi connectivity index (χ0v) is 3.85. The van der Waals surface area contributed by atoms with E-state index in [1.165, 1.54) is 0 Å². The molecular weight excluding hydrogens is 76.1 g/mol. The van der Waals surface area contributed by atoms with Crippen LogP contribution in [0.2, 0.25) is 0 Å². The van der Waals surface area contributed by atoms with Gasteiger partial charge in [0.05, 0.1) is 0 Å². The number of aliphatic hydroxyl groups is 2. The van der Waals surface area contributed by atoms with Gasteiger partial charge < -0.3 is 4.74 Å². The van der Waals surface area contributed by atoms with Crippen LogP contribution in [0.3, 0.4) is 0 Å². The molecule has 0 aliphatic heterocycles. The SMILES string of the molecule is [CH2-][CH+]CC[OH+][CH2-]. The summed E-state index contributed by atoms with van der Waals surface area (Å²) in [7, 11) is 3.30. The van der Waals surface area contributed by atoms with Gasteiger partial charge in [0.2, 0.25) is 0 Å². The van der Waals surface area contributed by atoms with Crippen LogP contribution in [0.15, 0.2) is 0 Å². The van der Waals surface area contributed by atoms with Crippen molar-refractivity contribution in [3.63, 3.8) is 0 Å². The Morgan fingerprint density at radius 2 is 2.33 bits per heavy atom. The van der Waals surface area contributed by atoms with Crippen molar-refractivity contribution in [2.75, 3.05) is 6.61 Å². The fourth-order valence-electron chi connectivity index (χ4n) is 0.183. The van der Waals surface area contributed by atoms with Gasteiger partial charge in [0.1, 0.15) is 6.42 Å². The van der Waals surface area contributed by atoms with Crippen LogP contribution in [0.4, 0.5) is 0 Å². The van der Waals surface area contributed by atoms with E-state index < -0.39 is 0 Å². The molecule has 0 aromatic rings. The van der Waals surface area contributed by atoms with Gasteiger partial charge in [0, 0.05) is 0 Å². The molecule has 0 saturated carbocycles. The maximum absolute atomic E-state index is 3.60. The minimum atomic E-state index is 0.809. The standard InChI is InChI=1S/C5H10O/c1-3-4-5-6-2/h3,6H,1-2,4-5H2. The van der Waals surface area contributed by atoms with Crippen LogP contribution in [0, 0.1) is 20.5 Å². The Hall–Kier alpha value is -0.170. The average Bonchev–Trinajstić information content (AvgIpc) is 1.61. The van der Waals surface area contributed by atoms with Gasteiger partial charge in [-0.15, -0.1) is 6.92 Å². The molecule has 0 bridgehead atoms. The molecule has 0 aliphatic carbocycles. The molecule has 0 fully saturated rings. The molecule has 0 rings (SSSR count). The summed E-state index contributed by atoms with van der Waals surface area (Å²) < 4.78 is 3.60. The lowest BCUT2D eigenvalue weighted by atomic mass is 10.4. The maximum atomic E-state index is 3.60. The first-order chi connectivity index (χ1) is 2.91. The molecule has 0 aromatic heterocycles. The Kier molecular flexibility index (Phi) is 4.69. The summed E-state index contributed by atoms with van der Waals surface area (Å²) >= 11 is 0. The quantitative estimate of drug-likeness (QED) is 0.273. The summed E-state index contributed by atoms with van der Waals surface area (Å²) in [6.07, 6.45) is 2.78.